The van der Waals surface area contributed by atoms with Gasteiger partial charge in [-0.2, -0.15) is 0 Å². The summed E-state index contributed by atoms with van der Waals surface area (Å²) in [5.41, 5.74) is 2.73. The average Bonchev–Trinajstić information content (AvgIpc) is 2.29. The molecular weight excluding hydrogens is 393 g/mol. The first-order chi connectivity index (χ1) is 8.83. The fourth-order valence-corrected chi connectivity index (χ4v) is 2.97. The molecule has 0 radical (unpaired) electrons. The Balaban J connectivity index is 2.78. The quantitative estimate of drug-likeness (QED) is 0.716. The molecule has 2 nitrogen and oxygen atoms in total. The lowest BCUT2D eigenvalue weighted by Gasteiger charge is -2.21. The van der Waals surface area contributed by atoms with E-state index in [1.165, 1.54) is 11.1 Å². The van der Waals surface area contributed by atoms with Gasteiger partial charge in [0.25, 0.3) is 0 Å². The second-order valence-electron chi connectivity index (χ2n) is 5.16. The lowest BCUT2D eigenvalue weighted by Crippen LogP contribution is -2.35. The van der Waals surface area contributed by atoms with Crippen LogP contribution in [0, 0.1) is 0 Å². The van der Waals surface area contributed by atoms with Gasteiger partial charge in [-0.15, -0.1) is 0 Å². The summed E-state index contributed by atoms with van der Waals surface area (Å²) in [7, 11) is 0. The molecule has 0 atom stereocenters. The third-order valence-corrected chi connectivity index (χ3v) is 3.65. The lowest BCUT2D eigenvalue weighted by molar-refractivity contribution is 0.358. The summed E-state index contributed by atoms with van der Waals surface area (Å²) in [6.07, 6.45) is 1.75. The smallest absolute Gasteiger partial charge is 0.148 e. The van der Waals surface area contributed by atoms with Gasteiger partial charge in [0.15, 0.2) is 0 Å². The van der Waals surface area contributed by atoms with E-state index < -0.39 is 0 Å². The van der Waals surface area contributed by atoms with Crippen LogP contribution in [0.5, 0.6) is 5.75 Å². The maximum absolute atomic E-state index is 5.62. The number of rotatable bonds is 5. The summed E-state index contributed by atoms with van der Waals surface area (Å²) in [6, 6.07) is 4.12. The van der Waals surface area contributed by atoms with Gasteiger partial charge in [-0.3, -0.25) is 0 Å². The van der Waals surface area contributed by atoms with Crippen molar-refractivity contribution < 1.29 is 4.74 Å². The highest BCUT2D eigenvalue weighted by atomic mass is 79.9. The minimum Gasteiger partial charge on any atom is -0.487 e. The third-order valence-electron chi connectivity index (χ3n) is 2.29. The van der Waals surface area contributed by atoms with Crippen LogP contribution in [0.15, 0.2) is 32.7 Å². The van der Waals surface area contributed by atoms with Gasteiger partial charge in [0.2, 0.25) is 0 Å². The number of nitrogens with one attached hydrogen (secondary N) is 1. The van der Waals surface area contributed by atoms with Crippen LogP contribution in [0.2, 0.25) is 0 Å². The maximum atomic E-state index is 5.62. The van der Waals surface area contributed by atoms with Crippen LogP contribution in [0.25, 0.3) is 0 Å². The molecule has 1 N–H and O–H groups in total. The summed E-state index contributed by atoms with van der Waals surface area (Å²) in [6.45, 7) is 7.69. The first-order valence-electron chi connectivity index (χ1n) is 5.94. The van der Waals surface area contributed by atoms with Crippen LogP contribution in [-0.2, 0) is 6.54 Å². The van der Waals surface area contributed by atoms with Crippen LogP contribution >= 0.6 is 43.5 Å². The molecule has 0 fully saturated rings. The molecule has 19 heavy (non-hydrogen) atoms. The van der Waals surface area contributed by atoms with Gasteiger partial charge in [-0.05, 0) is 76.4 Å². The Labute approximate surface area is 136 Å². The molecule has 106 valence electrons. The van der Waals surface area contributed by atoms with Crippen LogP contribution in [0.1, 0.15) is 26.3 Å². The predicted molar refractivity (Wildman–Crippen MR) is 88.9 cm³/mol. The lowest BCUT2D eigenvalue weighted by atomic mass is 10.1. The summed E-state index contributed by atoms with van der Waals surface area (Å²) < 4.78 is 7.48. The van der Waals surface area contributed by atoms with E-state index in [9.17, 15) is 0 Å². The molecule has 0 aromatic heterocycles. The topological polar surface area (TPSA) is 21.3 Å². The molecule has 0 amide bonds. The molecule has 1 aromatic rings. The second kappa shape index (κ2) is 7.67. The average molecular weight is 412 g/mol. The van der Waals surface area contributed by atoms with Crippen molar-refractivity contribution in [3.05, 3.63) is 38.3 Å². The molecule has 0 aliphatic rings. The van der Waals surface area contributed by atoms with Crippen LogP contribution in [0.3, 0.4) is 0 Å². The summed E-state index contributed by atoms with van der Waals surface area (Å²) in [5, 5.41) is 3.45. The molecular formula is C14H18Br2ClNO. The van der Waals surface area contributed by atoms with E-state index in [0.29, 0.717) is 6.61 Å². The van der Waals surface area contributed by atoms with Crippen LogP contribution in [0.4, 0.5) is 0 Å². The highest BCUT2D eigenvalue weighted by Gasteiger charge is 2.12. The zero-order valence-electron chi connectivity index (χ0n) is 11.3. The van der Waals surface area contributed by atoms with Crippen molar-refractivity contribution in [1.82, 2.24) is 5.32 Å². The number of benzene rings is 1. The molecule has 0 bridgehead atoms. The van der Waals surface area contributed by atoms with Crippen molar-refractivity contribution in [1.29, 1.82) is 0 Å². The number of hydrogen-bond donors (Lipinski definition) is 1. The van der Waals surface area contributed by atoms with E-state index in [1.54, 1.807) is 6.08 Å². The highest BCUT2D eigenvalue weighted by molar-refractivity contribution is 9.11. The van der Waals surface area contributed by atoms with E-state index in [-0.39, 0.29) is 5.54 Å². The Morgan fingerprint density at radius 3 is 2.32 bits per heavy atom. The van der Waals surface area contributed by atoms with Crippen LogP contribution in [-0.4, -0.2) is 12.1 Å². The molecule has 0 spiro atoms. The van der Waals surface area contributed by atoms with E-state index in [1.807, 2.05) is 0 Å². The molecule has 1 aromatic carbocycles. The molecule has 0 aliphatic heterocycles. The predicted octanol–water partition coefficient (Wildman–Crippen LogP) is 5.23. The van der Waals surface area contributed by atoms with Gasteiger partial charge in [0.05, 0.1) is 8.95 Å². The van der Waals surface area contributed by atoms with Gasteiger partial charge in [0.1, 0.15) is 12.4 Å². The van der Waals surface area contributed by atoms with Crippen molar-refractivity contribution in [2.24, 2.45) is 0 Å². The normalized spacial score (nSPS) is 12.1. The van der Waals surface area contributed by atoms with Gasteiger partial charge in [-0.25, -0.2) is 0 Å². The molecule has 0 saturated heterocycles. The molecule has 0 saturated carbocycles. The standard InChI is InChI=1S/C14H18Br2ClNO/c1-14(2,3)18-9-10-7-11(15)13(12(16)8-10)19-6-4-5-17/h4-5,7-8,18H,6,9H2,1-3H3/b5-4+. The first kappa shape index (κ1) is 17.0. The first-order valence-corrected chi connectivity index (χ1v) is 7.96. The van der Waals surface area contributed by atoms with E-state index in [2.05, 4.69) is 70.1 Å². The van der Waals surface area contributed by atoms with Gasteiger partial charge in [-0.1, -0.05) is 11.6 Å². The largest absolute Gasteiger partial charge is 0.487 e. The van der Waals surface area contributed by atoms with Gasteiger partial charge in [0, 0.05) is 17.6 Å². The SMILES string of the molecule is CC(C)(C)NCc1cc(Br)c(OC/C=C/Cl)c(Br)c1. The van der Waals surface area contributed by atoms with E-state index >= 15 is 0 Å². The van der Waals surface area contributed by atoms with Crippen molar-refractivity contribution in [2.75, 3.05) is 6.61 Å². The summed E-state index contributed by atoms with van der Waals surface area (Å²) in [4.78, 5) is 0. The van der Waals surface area contributed by atoms with Gasteiger partial charge >= 0.3 is 0 Å². The van der Waals surface area contributed by atoms with Crippen molar-refractivity contribution in [3.63, 3.8) is 0 Å². The van der Waals surface area contributed by atoms with Crippen molar-refractivity contribution in [2.45, 2.75) is 32.9 Å². The number of ether oxygens (including phenoxy) is 1. The molecule has 5 heteroatoms. The number of hydrogen-bond acceptors (Lipinski definition) is 2. The Kier molecular flexibility index (Phi) is 6.87. The Hall–Kier alpha value is -0.0300. The monoisotopic (exact) mass is 409 g/mol. The Bertz CT molecular complexity index is 432. The molecule has 1 rings (SSSR count). The fourth-order valence-electron chi connectivity index (χ4n) is 1.39. The maximum Gasteiger partial charge on any atom is 0.148 e. The molecule has 0 unspecified atom stereocenters. The summed E-state index contributed by atoms with van der Waals surface area (Å²) in [5.74, 6) is 0.786. The van der Waals surface area contributed by atoms with Gasteiger partial charge < -0.3 is 10.1 Å². The minimum absolute atomic E-state index is 0.0965. The van der Waals surface area contributed by atoms with Crippen molar-refractivity contribution in [3.8, 4) is 5.75 Å². The zero-order valence-corrected chi connectivity index (χ0v) is 15.2. The Morgan fingerprint density at radius 2 is 1.84 bits per heavy atom. The number of halogens is 3. The highest BCUT2D eigenvalue weighted by Crippen LogP contribution is 2.34. The second-order valence-corrected chi connectivity index (χ2v) is 7.13. The fraction of sp³-hybridized carbons (Fsp3) is 0.429. The molecule has 0 heterocycles. The van der Waals surface area contributed by atoms with E-state index in [0.717, 1.165) is 21.2 Å². The Morgan fingerprint density at radius 1 is 1.26 bits per heavy atom. The third kappa shape index (κ3) is 6.30. The van der Waals surface area contributed by atoms with Crippen molar-refractivity contribution >= 4 is 43.5 Å². The zero-order chi connectivity index (χ0) is 14.5. The molecule has 0 aliphatic carbocycles. The van der Waals surface area contributed by atoms with Crippen LogP contribution < -0.4 is 10.1 Å². The van der Waals surface area contributed by atoms with E-state index in [4.69, 9.17) is 16.3 Å². The summed E-state index contributed by atoms with van der Waals surface area (Å²) >= 11 is 12.5. The minimum atomic E-state index is 0.0965.